The van der Waals surface area contributed by atoms with Crippen LogP contribution in [0.2, 0.25) is 0 Å². The molecule has 11 heteroatoms. The quantitative estimate of drug-likeness (QED) is 0.744. The van der Waals surface area contributed by atoms with Gasteiger partial charge in [0.2, 0.25) is 10.0 Å². The van der Waals surface area contributed by atoms with E-state index in [9.17, 15) is 26.0 Å². The summed E-state index contributed by atoms with van der Waals surface area (Å²) in [7, 11) is -4.27. The van der Waals surface area contributed by atoms with Gasteiger partial charge in [-0.3, -0.25) is 9.88 Å². The van der Waals surface area contributed by atoms with Gasteiger partial charge in [0, 0.05) is 38.9 Å². The summed E-state index contributed by atoms with van der Waals surface area (Å²) in [6.07, 6.45) is -2.91. The highest BCUT2D eigenvalue weighted by Crippen LogP contribution is 2.25. The van der Waals surface area contributed by atoms with Crippen molar-refractivity contribution in [3.8, 4) is 0 Å². The molecule has 0 bridgehead atoms. The van der Waals surface area contributed by atoms with Crippen molar-refractivity contribution in [3.63, 3.8) is 0 Å². The highest BCUT2D eigenvalue weighted by molar-refractivity contribution is 7.89. The van der Waals surface area contributed by atoms with E-state index in [4.69, 9.17) is 0 Å². The molecule has 1 atom stereocenters. The van der Waals surface area contributed by atoms with Gasteiger partial charge in [-0.05, 0) is 6.07 Å². The fraction of sp³-hybridized carbons (Fsp3) is 0.583. The van der Waals surface area contributed by atoms with Gasteiger partial charge in [0.1, 0.15) is 16.8 Å². The molecule has 1 fully saturated rings. The number of piperazine rings is 1. The van der Waals surface area contributed by atoms with Gasteiger partial charge in [-0.1, -0.05) is 0 Å². The lowest BCUT2D eigenvalue weighted by Gasteiger charge is -2.35. The first kappa shape index (κ1) is 18.0. The van der Waals surface area contributed by atoms with Crippen molar-refractivity contribution < 1.29 is 26.0 Å². The number of nitrogens with zero attached hydrogens (tertiary/aromatic N) is 2. The highest BCUT2D eigenvalue weighted by atomic mass is 32.2. The summed E-state index contributed by atoms with van der Waals surface area (Å²) in [5.74, 6) is -0.887. The van der Waals surface area contributed by atoms with Crippen LogP contribution >= 0.6 is 0 Å². The van der Waals surface area contributed by atoms with E-state index in [1.807, 2.05) is 4.72 Å². The highest BCUT2D eigenvalue weighted by Gasteiger charge is 2.44. The number of halogens is 4. The van der Waals surface area contributed by atoms with Gasteiger partial charge in [0.25, 0.3) is 0 Å². The molecule has 130 valence electrons. The van der Waals surface area contributed by atoms with Crippen molar-refractivity contribution in [3.05, 3.63) is 24.3 Å². The van der Waals surface area contributed by atoms with E-state index in [1.54, 1.807) is 0 Å². The van der Waals surface area contributed by atoms with Gasteiger partial charge in [-0.15, -0.1) is 0 Å². The first-order valence-corrected chi connectivity index (χ1v) is 8.30. The average Bonchev–Trinajstić information content (AvgIpc) is 2.47. The summed E-state index contributed by atoms with van der Waals surface area (Å²) in [4.78, 5) is 4.04. The lowest BCUT2D eigenvalue weighted by molar-refractivity contribution is -0.182. The van der Waals surface area contributed by atoms with Crippen LogP contribution in [0.4, 0.5) is 17.6 Å². The average molecular weight is 356 g/mol. The molecule has 0 aliphatic carbocycles. The zero-order valence-electron chi connectivity index (χ0n) is 12.0. The second-order valence-electron chi connectivity index (χ2n) is 5.03. The van der Waals surface area contributed by atoms with Crippen molar-refractivity contribution in [1.82, 2.24) is 19.9 Å². The predicted molar refractivity (Wildman–Crippen MR) is 73.7 cm³/mol. The Hall–Kier alpha value is -1.30. The monoisotopic (exact) mass is 356 g/mol. The first-order chi connectivity index (χ1) is 10.7. The van der Waals surface area contributed by atoms with Gasteiger partial charge in [0.15, 0.2) is 0 Å². The van der Waals surface area contributed by atoms with Crippen LogP contribution in [-0.2, 0) is 10.0 Å². The number of aromatic nitrogens is 1. The van der Waals surface area contributed by atoms with Crippen LogP contribution < -0.4 is 10.0 Å². The zero-order chi connectivity index (χ0) is 17.1. The molecule has 0 amide bonds. The van der Waals surface area contributed by atoms with Crippen molar-refractivity contribution in [1.29, 1.82) is 0 Å². The van der Waals surface area contributed by atoms with Gasteiger partial charge >= 0.3 is 6.18 Å². The number of nitrogens with one attached hydrogen (secondary N) is 2. The van der Waals surface area contributed by atoms with E-state index in [0.29, 0.717) is 19.2 Å². The smallest absolute Gasteiger partial charge is 0.314 e. The molecule has 0 aromatic carbocycles. The first-order valence-electron chi connectivity index (χ1n) is 6.82. The summed E-state index contributed by atoms with van der Waals surface area (Å²) in [6.45, 7) is 0.267. The second-order valence-corrected chi connectivity index (χ2v) is 6.80. The predicted octanol–water partition coefficient (Wildman–Crippen LogP) is 0.335. The van der Waals surface area contributed by atoms with E-state index in [1.165, 1.54) is 4.90 Å². The second kappa shape index (κ2) is 7.07. The Morgan fingerprint density at radius 3 is 2.52 bits per heavy atom. The fourth-order valence-electron chi connectivity index (χ4n) is 2.26. The van der Waals surface area contributed by atoms with Crippen molar-refractivity contribution in [2.24, 2.45) is 0 Å². The summed E-state index contributed by atoms with van der Waals surface area (Å²) < 4.78 is 78.4. The molecule has 1 unspecified atom stereocenters. The van der Waals surface area contributed by atoms with Gasteiger partial charge in [-0.2, -0.15) is 13.2 Å². The summed E-state index contributed by atoms with van der Waals surface area (Å²) in [6, 6.07) is -1.25. The number of rotatable bonds is 5. The number of alkyl halides is 3. The maximum absolute atomic E-state index is 13.2. The van der Waals surface area contributed by atoms with Crippen LogP contribution in [0.3, 0.4) is 0 Å². The summed E-state index contributed by atoms with van der Waals surface area (Å²) in [5, 5.41) is 2.93. The van der Waals surface area contributed by atoms with Crippen LogP contribution in [0, 0.1) is 5.82 Å². The van der Waals surface area contributed by atoms with E-state index >= 15 is 0 Å². The van der Waals surface area contributed by atoms with Crippen LogP contribution in [0.15, 0.2) is 23.4 Å². The van der Waals surface area contributed by atoms with E-state index < -0.39 is 39.5 Å². The zero-order valence-corrected chi connectivity index (χ0v) is 12.8. The third kappa shape index (κ3) is 4.83. The number of pyridine rings is 1. The minimum Gasteiger partial charge on any atom is -0.314 e. The third-order valence-electron chi connectivity index (χ3n) is 3.43. The van der Waals surface area contributed by atoms with Crippen molar-refractivity contribution in [2.45, 2.75) is 17.1 Å². The molecular weight excluding hydrogens is 340 g/mol. The van der Waals surface area contributed by atoms with E-state index in [2.05, 4.69) is 10.3 Å². The number of hydrogen-bond acceptors (Lipinski definition) is 5. The Kier molecular flexibility index (Phi) is 5.55. The molecule has 0 radical (unpaired) electrons. The van der Waals surface area contributed by atoms with Gasteiger partial charge in [-0.25, -0.2) is 17.5 Å². The lowest BCUT2D eigenvalue weighted by atomic mass is 10.2. The third-order valence-corrected chi connectivity index (χ3v) is 4.82. The molecule has 23 heavy (non-hydrogen) atoms. The Labute approximate surface area is 130 Å². The molecule has 1 aliphatic heterocycles. The Balaban J connectivity index is 2.11. The molecule has 0 spiro atoms. The Bertz CT molecular complexity index is 632. The molecule has 2 heterocycles. The van der Waals surface area contributed by atoms with Crippen LogP contribution in [0.5, 0.6) is 0 Å². The maximum Gasteiger partial charge on any atom is 0.405 e. The summed E-state index contributed by atoms with van der Waals surface area (Å²) in [5.41, 5.74) is 0. The molecule has 2 rings (SSSR count). The van der Waals surface area contributed by atoms with Crippen molar-refractivity contribution >= 4 is 10.0 Å². The maximum atomic E-state index is 13.2. The Morgan fingerprint density at radius 1 is 1.30 bits per heavy atom. The number of sulfonamides is 1. The SMILES string of the molecule is O=S(=O)(NCC(N1CCNCC1)C(F)(F)F)c1cncc(F)c1. The van der Waals surface area contributed by atoms with Crippen molar-refractivity contribution in [2.75, 3.05) is 32.7 Å². The minimum atomic E-state index is -4.58. The normalized spacial score (nSPS) is 18.8. The van der Waals surface area contributed by atoms with Crippen LogP contribution in [-0.4, -0.2) is 63.2 Å². The molecule has 1 saturated heterocycles. The molecule has 6 nitrogen and oxygen atoms in total. The Morgan fingerprint density at radius 2 is 1.96 bits per heavy atom. The van der Waals surface area contributed by atoms with E-state index in [0.717, 1.165) is 12.4 Å². The van der Waals surface area contributed by atoms with Crippen LogP contribution in [0.25, 0.3) is 0 Å². The fourth-order valence-corrected chi connectivity index (χ4v) is 3.27. The standard InChI is InChI=1S/C12H16F4N4O2S/c13-9-5-10(7-18-6-9)23(21,22)19-8-11(12(14,15)16)20-3-1-17-2-4-20/h5-7,11,17,19H,1-4,8H2. The number of hydrogen-bond donors (Lipinski definition) is 2. The van der Waals surface area contributed by atoms with Gasteiger partial charge < -0.3 is 5.32 Å². The molecular formula is C12H16F4N4O2S. The molecule has 1 aliphatic rings. The minimum absolute atomic E-state index is 0.160. The largest absolute Gasteiger partial charge is 0.405 e. The lowest BCUT2D eigenvalue weighted by Crippen LogP contribution is -2.57. The molecule has 1 aromatic heterocycles. The van der Waals surface area contributed by atoms with Crippen LogP contribution in [0.1, 0.15) is 0 Å². The molecule has 0 saturated carbocycles. The van der Waals surface area contributed by atoms with E-state index in [-0.39, 0.29) is 13.1 Å². The summed E-state index contributed by atoms with van der Waals surface area (Å²) >= 11 is 0. The molecule has 2 N–H and O–H groups in total. The molecule has 1 aromatic rings. The topological polar surface area (TPSA) is 74.3 Å². The van der Waals surface area contributed by atoms with Gasteiger partial charge in [0.05, 0.1) is 6.20 Å².